The zero-order valence-corrected chi connectivity index (χ0v) is 35.1. The quantitative estimate of drug-likeness (QED) is 0.0270. The molecular weight excluding hydrogens is 701 g/mol. The van der Waals surface area contributed by atoms with Crippen molar-refractivity contribution in [3.8, 4) is 0 Å². The van der Waals surface area contributed by atoms with Gasteiger partial charge in [-0.2, -0.15) is 0 Å². The molecule has 0 aliphatic heterocycles. The number of phosphoric ester groups is 1. The molecule has 1 unspecified atom stereocenters. The van der Waals surface area contributed by atoms with Crippen LogP contribution in [0.3, 0.4) is 0 Å². The summed E-state index contributed by atoms with van der Waals surface area (Å²) >= 11 is 0. The minimum absolute atomic E-state index is 0.0443. The van der Waals surface area contributed by atoms with Crippen molar-refractivity contribution < 1.29 is 37.6 Å². The molecule has 0 aromatic rings. The summed E-state index contributed by atoms with van der Waals surface area (Å²) in [5.41, 5.74) is 5.34. The zero-order chi connectivity index (χ0) is 39.6. The van der Waals surface area contributed by atoms with Crippen LogP contribution >= 0.6 is 7.82 Å². The van der Waals surface area contributed by atoms with Crippen molar-refractivity contribution in [2.24, 2.45) is 5.73 Å². The summed E-state index contributed by atoms with van der Waals surface area (Å²) in [5.74, 6) is -0.879. The van der Waals surface area contributed by atoms with E-state index < -0.39 is 32.5 Å². The van der Waals surface area contributed by atoms with Gasteiger partial charge in [0.15, 0.2) is 6.10 Å². The number of rotatable bonds is 39. The molecule has 0 aromatic heterocycles. The lowest BCUT2D eigenvalue weighted by Gasteiger charge is -2.19. The Morgan fingerprint density at radius 1 is 0.556 bits per heavy atom. The summed E-state index contributed by atoms with van der Waals surface area (Å²) in [7, 11) is -4.39. The first-order chi connectivity index (χ1) is 26.3. The van der Waals surface area contributed by atoms with E-state index in [1.165, 1.54) is 64.2 Å². The number of unbranched alkanes of at least 4 members (excludes halogenated alkanes) is 16. The minimum Gasteiger partial charge on any atom is -0.462 e. The third-order valence-electron chi connectivity index (χ3n) is 8.63. The molecule has 0 aliphatic rings. The fourth-order valence-corrected chi connectivity index (χ4v) is 6.20. The van der Waals surface area contributed by atoms with Crippen molar-refractivity contribution in [2.45, 2.75) is 180 Å². The van der Waals surface area contributed by atoms with Gasteiger partial charge >= 0.3 is 19.8 Å². The van der Waals surface area contributed by atoms with Crippen molar-refractivity contribution in [3.63, 3.8) is 0 Å². The smallest absolute Gasteiger partial charge is 0.462 e. The van der Waals surface area contributed by atoms with Crippen molar-refractivity contribution in [1.29, 1.82) is 0 Å². The van der Waals surface area contributed by atoms with E-state index in [1.54, 1.807) is 0 Å². The first kappa shape index (κ1) is 51.7. The molecule has 0 aliphatic carbocycles. The Balaban J connectivity index is 4.26. The lowest BCUT2D eigenvalue weighted by Crippen LogP contribution is -2.29. The maximum atomic E-state index is 12.6. The number of carbonyl (C=O) groups is 2. The fourth-order valence-electron chi connectivity index (χ4n) is 5.43. The van der Waals surface area contributed by atoms with Gasteiger partial charge in [0.25, 0.3) is 0 Å². The van der Waals surface area contributed by atoms with Gasteiger partial charge in [0.1, 0.15) is 6.61 Å². The Hall–Kier alpha value is -2.29. The number of hydrogen-bond acceptors (Lipinski definition) is 8. The molecule has 0 rings (SSSR count). The van der Waals surface area contributed by atoms with Gasteiger partial charge in [-0.1, -0.05) is 139 Å². The van der Waals surface area contributed by atoms with Crippen LogP contribution in [0.5, 0.6) is 0 Å². The Morgan fingerprint density at radius 2 is 0.963 bits per heavy atom. The van der Waals surface area contributed by atoms with Gasteiger partial charge in [0.2, 0.25) is 0 Å². The highest BCUT2D eigenvalue weighted by molar-refractivity contribution is 7.47. The average Bonchev–Trinajstić information content (AvgIpc) is 3.16. The molecule has 0 amide bonds. The second-order valence-electron chi connectivity index (χ2n) is 13.8. The molecule has 0 fully saturated rings. The van der Waals surface area contributed by atoms with Crippen molar-refractivity contribution in [2.75, 3.05) is 26.4 Å². The van der Waals surface area contributed by atoms with Crippen LogP contribution in [0, 0.1) is 0 Å². The molecular formula is C44H78NO8P. The molecule has 0 spiro atoms. The van der Waals surface area contributed by atoms with E-state index >= 15 is 0 Å². The van der Waals surface area contributed by atoms with Gasteiger partial charge in [-0.05, 0) is 83.5 Å². The van der Waals surface area contributed by atoms with Crippen molar-refractivity contribution in [1.82, 2.24) is 0 Å². The van der Waals surface area contributed by atoms with Crippen LogP contribution in [0.25, 0.3) is 0 Å². The number of phosphoric acid groups is 1. The summed E-state index contributed by atoms with van der Waals surface area (Å²) in [6, 6.07) is 0. The van der Waals surface area contributed by atoms with Gasteiger partial charge in [0.05, 0.1) is 13.2 Å². The summed E-state index contributed by atoms with van der Waals surface area (Å²) in [4.78, 5) is 34.8. The van der Waals surface area contributed by atoms with E-state index in [0.29, 0.717) is 12.8 Å². The Kier molecular flexibility index (Phi) is 38.7. The highest BCUT2D eigenvalue weighted by Gasteiger charge is 2.25. The van der Waals surface area contributed by atoms with Crippen LogP contribution in [0.1, 0.15) is 174 Å². The average molecular weight is 780 g/mol. The summed E-state index contributed by atoms with van der Waals surface area (Å²) in [6.07, 6.45) is 46.7. The number of carbonyl (C=O) groups excluding carboxylic acids is 2. The number of allylic oxidation sites excluding steroid dienone is 10. The number of nitrogens with two attached hydrogens (primary N) is 1. The molecule has 3 N–H and O–H groups in total. The molecule has 0 bridgehead atoms. The van der Waals surface area contributed by atoms with E-state index in [4.69, 9.17) is 24.3 Å². The van der Waals surface area contributed by atoms with Gasteiger partial charge in [0, 0.05) is 19.4 Å². The van der Waals surface area contributed by atoms with Gasteiger partial charge in [-0.3, -0.25) is 18.6 Å². The monoisotopic (exact) mass is 780 g/mol. The molecule has 312 valence electrons. The summed E-state index contributed by atoms with van der Waals surface area (Å²) in [5, 5.41) is 0. The molecule has 0 radical (unpaired) electrons. The third kappa shape index (κ3) is 39.4. The van der Waals surface area contributed by atoms with Gasteiger partial charge in [-0.15, -0.1) is 0 Å². The number of hydrogen-bond donors (Lipinski definition) is 2. The minimum atomic E-state index is -4.39. The van der Waals surface area contributed by atoms with E-state index in [-0.39, 0.29) is 32.6 Å². The first-order valence-electron chi connectivity index (χ1n) is 21.3. The van der Waals surface area contributed by atoms with Crippen molar-refractivity contribution >= 4 is 19.8 Å². The van der Waals surface area contributed by atoms with Crippen LogP contribution < -0.4 is 5.73 Å². The molecule has 2 atom stereocenters. The predicted octanol–water partition coefficient (Wildman–Crippen LogP) is 12.1. The van der Waals surface area contributed by atoms with Crippen LogP contribution in [0.15, 0.2) is 60.8 Å². The number of ether oxygens (including phenoxy) is 2. The second-order valence-corrected chi connectivity index (χ2v) is 15.3. The van der Waals surface area contributed by atoms with E-state index in [2.05, 4.69) is 74.6 Å². The normalized spacial score (nSPS) is 13.9. The molecule has 54 heavy (non-hydrogen) atoms. The van der Waals surface area contributed by atoms with Gasteiger partial charge < -0.3 is 20.1 Å². The molecule has 0 saturated heterocycles. The summed E-state index contributed by atoms with van der Waals surface area (Å²) in [6.45, 7) is 3.63. The molecule has 0 heterocycles. The maximum absolute atomic E-state index is 12.6. The van der Waals surface area contributed by atoms with Crippen LogP contribution in [-0.2, 0) is 32.7 Å². The SMILES string of the molecule is CCCCC/C=C\C/C=C\C/C=C\C/C=C\CCCCCC(=O)O[C@H](COC(=O)CCCCCCC/C=C\CCCCCCC)COP(=O)(O)OCCN. The molecule has 10 heteroatoms. The Bertz CT molecular complexity index is 1070. The Labute approximate surface area is 329 Å². The van der Waals surface area contributed by atoms with E-state index in [1.807, 2.05) is 0 Å². The standard InChI is InChI=1S/C44H78NO8P/c1-3-5-7-9-11-13-15-17-19-20-21-22-23-25-27-29-31-33-35-37-44(47)53-42(41-52-54(48,49)51-39-38-45)40-50-43(46)36-34-32-30-28-26-24-18-16-14-12-10-8-6-4-2/h11,13,16-19,21-22,25,27,42H,3-10,12,14-15,20,23-24,26,28-41,45H2,1-2H3,(H,48,49)/b13-11-,18-16-,19-17-,22-21-,27-25-/t42-/m1/s1. The topological polar surface area (TPSA) is 134 Å². The van der Waals surface area contributed by atoms with Crippen LogP contribution in [0.2, 0.25) is 0 Å². The molecule has 9 nitrogen and oxygen atoms in total. The second kappa shape index (κ2) is 40.4. The molecule has 0 saturated carbocycles. The van der Waals surface area contributed by atoms with E-state index in [9.17, 15) is 19.0 Å². The predicted molar refractivity (Wildman–Crippen MR) is 224 cm³/mol. The van der Waals surface area contributed by atoms with E-state index in [0.717, 1.165) is 70.6 Å². The van der Waals surface area contributed by atoms with Crippen molar-refractivity contribution in [3.05, 3.63) is 60.8 Å². The fraction of sp³-hybridized carbons (Fsp3) is 0.727. The summed E-state index contributed by atoms with van der Waals surface area (Å²) < 4.78 is 32.7. The highest BCUT2D eigenvalue weighted by atomic mass is 31.2. The van der Waals surface area contributed by atoms with Crippen LogP contribution in [0.4, 0.5) is 0 Å². The first-order valence-corrected chi connectivity index (χ1v) is 22.8. The number of esters is 2. The zero-order valence-electron chi connectivity index (χ0n) is 34.2. The lowest BCUT2D eigenvalue weighted by atomic mass is 10.1. The molecule has 0 aromatic carbocycles. The third-order valence-corrected chi connectivity index (χ3v) is 9.61. The largest absolute Gasteiger partial charge is 0.472 e. The highest BCUT2D eigenvalue weighted by Crippen LogP contribution is 2.43. The lowest BCUT2D eigenvalue weighted by molar-refractivity contribution is -0.161. The van der Waals surface area contributed by atoms with Gasteiger partial charge in [-0.25, -0.2) is 4.57 Å². The maximum Gasteiger partial charge on any atom is 0.472 e. The Morgan fingerprint density at radius 3 is 1.50 bits per heavy atom. The van der Waals surface area contributed by atoms with Crippen LogP contribution in [-0.4, -0.2) is 49.3 Å².